The number of nitrogens with zero attached hydrogens (tertiary/aromatic N) is 1. The number of hydrogen-bond acceptors (Lipinski definition) is 3. The maximum atomic E-state index is 12.4. The Labute approximate surface area is 121 Å². The molecule has 0 radical (unpaired) electrons. The van der Waals surface area contributed by atoms with Crippen LogP contribution < -0.4 is 0 Å². The lowest BCUT2D eigenvalue weighted by Crippen LogP contribution is -2.37. The van der Waals surface area contributed by atoms with Crippen molar-refractivity contribution in [2.45, 2.75) is 19.4 Å². The zero-order chi connectivity index (χ0) is 14.2. The van der Waals surface area contributed by atoms with Gasteiger partial charge in [0.1, 0.15) is 0 Å². The second-order valence-corrected chi connectivity index (χ2v) is 8.13. The van der Waals surface area contributed by atoms with Crippen molar-refractivity contribution in [2.24, 2.45) is 0 Å². The largest absolute Gasteiger partial charge is 0.338 e. The summed E-state index contributed by atoms with van der Waals surface area (Å²) >= 11 is 3.37. The Morgan fingerprint density at radius 2 is 2.05 bits per heavy atom. The van der Waals surface area contributed by atoms with Crippen molar-refractivity contribution < 1.29 is 13.2 Å². The molecule has 0 N–H and O–H groups in total. The van der Waals surface area contributed by atoms with Crippen LogP contribution in [0, 0.1) is 6.92 Å². The molecule has 1 fully saturated rings. The van der Waals surface area contributed by atoms with Crippen LogP contribution in [0.2, 0.25) is 0 Å². The van der Waals surface area contributed by atoms with Crippen molar-refractivity contribution >= 4 is 31.7 Å². The summed E-state index contributed by atoms with van der Waals surface area (Å²) in [6.07, 6.45) is 0.525. The van der Waals surface area contributed by atoms with Gasteiger partial charge in [-0.05, 0) is 37.1 Å². The molecular weight excluding hydrogens is 330 g/mol. The molecule has 0 bridgehead atoms. The van der Waals surface area contributed by atoms with Gasteiger partial charge in [0.2, 0.25) is 0 Å². The number of carbonyl (C=O) groups excluding carboxylic acids is 1. The number of hydrogen-bond donors (Lipinski definition) is 0. The van der Waals surface area contributed by atoms with Gasteiger partial charge in [-0.15, -0.1) is 0 Å². The summed E-state index contributed by atoms with van der Waals surface area (Å²) < 4.78 is 23.8. The molecule has 1 heterocycles. The molecule has 2 rings (SSSR count). The summed E-state index contributed by atoms with van der Waals surface area (Å²) in [4.78, 5) is 13.9. The van der Waals surface area contributed by atoms with Crippen LogP contribution in [0.1, 0.15) is 22.3 Å². The number of benzene rings is 1. The predicted octanol–water partition coefficient (Wildman–Crippen LogP) is 2.02. The second-order valence-electron chi connectivity index (χ2n) is 4.99. The summed E-state index contributed by atoms with van der Waals surface area (Å²) in [6, 6.07) is 5.29. The van der Waals surface area contributed by atoms with Gasteiger partial charge in [-0.3, -0.25) is 4.79 Å². The molecule has 0 saturated carbocycles. The fraction of sp³-hybridized carbons (Fsp3) is 0.462. The van der Waals surface area contributed by atoms with Crippen molar-refractivity contribution in [1.82, 2.24) is 4.90 Å². The molecule has 19 heavy (non-hydrogen) atoms. The Balaban J connectivity index is 2.20. The standard InChI is InChI=1S/C13H16BrNO3S/c1-9-5-10(7-11(14)6-9)13(16)15(2)12-3-4-19(17,18)8-12/h5-7,12H,3-4,8H2,1-2H3. The fourth-order valence-electron chi connectivity index (χ4n) is 2.31. The van der Waals surface area contributed by atoms with Crippen LogP contribution in [0.15, 0.2) is 22.7 Å². The maximum Gasteiger partial charge on any atom is 0.253 e. The van der Waals surface area contributed by atoms with E-state index in [0.29, 0.717) is 12.0 Å². The lowest BCUT2D eigenvalue weighted by atomic mass is 10.1. The van der Waals surface area contributed by atoms with E-state index in [1.807, 2.05) is 19.1 Å². The van der Waals surface area contributed by atoms with Crippen molar-refractivity contribution in [3.8, 4) is 0 Å². The Bertz CT molecular complexity index is 592. The fourth-order valence-corrected chi connectivity index (χ4v) is 4.69. The zero-order valence-corrected chi connectivity index (χ0v) is 13.3. The molecule has 1 aliphatic rings. The van der Waals surface area contributed by atoms with Crippen molar-refractivity contribution in [3.05, 3.63) is 33.8 Å². The Kier molecular flexibility index (Phi) is 4.01. The smallest absolute Gasteiger partial charge is 0.253 e. The lowest BCUT2D eigenvalue weighted by molar-refractivity contribution is 0.0747. The van der Waals surface area contributed by atoms with Crippen LogP contribution in [-0.4, -0.2) is 43.8 Å². The number of rotatable bonds is 2. The first-order chi connectivity index (χ1) is 8.78. The second kappa shape index (κ2) is 5.25. The van der Waals surface area contributed by atoms with Gasteiger partial charge in [0.15, 0.2) is 9.84 Å². The molecule has 1 unspecified atom stereocenters. The molecule has 6 heteroatoms. The topological polar surface area (TPSA) is 54.5 Å². The first-order valence-electron chi connectivity index (χ1n) is 6.03. The number of sulfone groups is 1. The highest BCUT2D eigenvalue weighted by Gasteiger charge is 2.33. The summed E-state index contributed by atoms with van der Waals surface area (Å²) in [5.41, 5.74) is 1.57. The summed E-state index contributed by atoms with van der Waals surface area (Å²) in [7, 11) is -1.30. The SMILES string of the molecule is Cc1cc(Br)cc(C(=O)N(C)C2CCS(=O)(=O)C2)c1. The maximum absolute atomic E-state index is 12.4. The third-order valence-corrected chi connectivity index (χ3v) is 5.57. The van der Waals surface area contributed by atoms with Crippen LogP contribution in [0.3, 0.4) is 0 Å². The minimum absolute atomic E-state index is 0.0717. The van der Waals surface area contributed by atoms with E-state index in [9.17, 15) is 13.2 Å². The first kappa shape index (κ1) is 14.5. The van der Waals surface area contributed by atoms with E-state index in [2.05, 4.69) is 15.9 Å². The van der Waals surface area contributed by atoms with Gasteiger partial charge >= 0.3 is 0 Å². The van der Waals surface area contributed by atoms with E-state index in [-0.39, 0.29) is 23.5 Å². The Morgan fingerprint density at radius 1 is 1.37 bits per heavy atom. The van der Waals surface area contributed by atoms with Gasteiger partial charge in [-0.25, -0.2) is 8.42 Å². The predicted molar refractivity (Wildman–Crippen MR) is 78.0 cm³/mol. The highest BCUT2D eigenvalue weighted by molar-refractivity contribution is 9.10. The molecule has 1 aliphatic heterocycles. The van der Waals surface area contributed by atoms with Gasteiger partial charge in [-0.1, -0.05) is 15.9 Å². The van der Waals surface area contributed by atoms with Gasteiger partial charge < -0.3 is 4.90 Å². The molecular formula is C13H16BrNO3S. The molecule has 1 aromatic carbocycles. The van der Waals surface area contributed by atoms with Gasteiger partial charge in [0.25, 0.3) is 5.91 Å². The number of aryl methyl sites for hydroxylation is 1. The molecule has 1 atom stereocenters. The van der Waals surface area contributed by atoms with Gasteiger partial charge in [-0.2, -0.15) is 0 Å². The number of carbonyl (C=O) groups is 1. The van der Waals surface area contributed by atoms with E-state index in [4.69, 9.17) is 0 Å². The van der Waals surface area contributed by atoms with E-state index in [1.54, 1.807) is 18.0 Å². The lowest BCUT2D eigenvalue weighted by Gasteiger charge is -2.23. The molecule has 0 spiro atoms. The van der Waals surface area contributed by atoms with E-state index in [1.165, 1.54) is 0 Å². The van der Waals surface area contributed by atoms with Gasteiger partial charge in [0, 0.05) is 23.1 Å². The first-order valence-corrected chi connectivity index (χ1v) is 8.65. The van der Waals surface area contributed by atoms with E-state index >= 15 is 0 Å². The molecule has 1 saturated heterocycles. The minimum Gasteiger partial charge on any atom is -0.338 e. The minimum atomic E-state index is -2.98. The van der Waals surface area contributed by atoms with Gasteiger partial charge in [0.05, 0.1) is 11.5 Å². The summed E-state index contributed by atoms with van der Waals surface area (Å²) in [5, 5.41) is 0. The average molecular weight is 346 g/mol. The van der Waals surface area contributed by atoms with Crippen LogP contribution >= 0.6 is 15.9 Å². The van der Waals surface area contributed by atoms with Crippen molar-refractivity contribution in [1.29, 1.82) is 0 Å². The zero-order valence-electron chi connectivity index (χ0n) is 10.9. The molecule has 0 aliphatic carbocycles. The average Bonchev–Trinajstić information content (AvgIpc) is 2.66. The third kappa shape index (κ3) is 3.36. The highest BCUT2D eigenvalue weighted by atomic mass is 79.9. The molecule has 4 nitrogen and oxygen atoms in total. The third-order valence-electron chi connectivity index (χ3n) is 3.37. The van der Waals surface area contributed by atoms with Crippen LogP contribution in [-0.2, 0) is 9.84 Å². The van der Waals surface area contributed by atoms with E-state index in [0.717, 1.165) is 10.0 Å². The van der Waals surface area contributed by atoms with E-state index < -0.39 is 9.84 Å². The van der Waals surface area contributed by atoms with Crippen LogP contribution in [0.25, 0.3) is 0 Å². The number of halogens is 1. The van der Waals surface area contributed by atoms with Crippen LogP contribution in [0.5, 0.6) is 0 Å². The molecule has 104 valence electrons. The molecule has 1 aromatic rings. The molecule has 0 aromatic heterocycles. The summed E-state index contributed by atoms with van der Waals surface area (Å²) in [5.74, 6) is 0.112. The van der Waals surface area contributed by atoms with Crippen molar-refractivity contribution in [3.63, 3.8) is 0 Å². The van der Waals surface area contributed by atoms with Crippen LogP contribution in [0.4, 0.5) is 0 Å². The Hall–Kier alpha value is -0.880. The highest BCUT2D eigenvalue weighted by Crippen LogP contribution is 2.21. The normalized spacial score (nSPS) is 21.3. The van der Waals surface area contributed by atoms with Crippen molar-refractivity contribution in [2.75, 3.05) is 18.6 Å². The molecule has 1 amide bonds. The number of amides is 1. The quantitative estimate of drug-likeness (QED) is 0.823. The Morgan fingerprint density at radius 3 is 2.58 bits per heavy atom. The monoisotopic (exact) mass is 345 g/mol. The summed E-state index contributed by atoms with van der Waals surface area (Å²) in [6.45, 7) is 1.92.